The van der Waals surface area contributed by atoms with Gasteiger partial charge in [0.25, 0.3) is 0 Å². The van der Waals surface area contributed by atoms with Crippen LogP contribution in [0.15, 0.2) is 47.6 Å². The van der Waals surface area contributed by atoms with Gasteiger partial charge in [-0.15, -0.1) is 0 Å². The van der Waals surface area contributed by atoms with Crippen molar-refractivity contribution in [1.29, 1.82) is 0 Å². The lowest BCUT2D eigenvalue weighted by Crippen LogP contribution is -2.49. The fourth-order valence-electron chi connectivity index (χ4n) is 2.82. The lowest BCUT2D eigenvalue weighted by atomic mass is 10.2. The third-order valence-electron chi connectivity index (χ3n) is 4.32. The summed E-state index contributed by atoms with van der Waals surface area (Å²) >= 11 is 0. The fraction of sp³-hybridized carbons (Fsp3) is 0.353. The molecule has 1 aromatic heterocycles. The molecule has 144 valence electrons. The molecule has 0 unspecified atom stereocenters. The predicted molar refractivity (Wildman–Crippen MR) is 100 cm³/mol. The van der Waals surface area contributed by atoms with E-state index in [0.29, 0.717) is 19.0 Å². The van der Waals surface area contributed by atoms with Gasteiger partial charge in [-0.2, -0.15) is 0 Å². The van der Waals surface area contributed by atoms with E-state index in [9.17, 15) is 13.2 Å². The summed E-state index contributed by atoms with van der Waals surface area (Å²) < 4.78 is 22.5. The van der Waals surface area contributed by atoms with Crippen LogP contribution >= 0.6 is 0 Å². The molecule has 3 N–H and O–H groups in total. The molecule has 0 aliphatic carbocycles. The minimum Gasteiger partial charge on any atom is -0.351 e. The molecule has 0 spiro atoms. The van der Waals surface area contributed by atoms with Gasteiger partial charge in [-0.25, -0.2) is 23.5 Å². The van der Waals surface area contributed by atoms with Crippen LogP contribution < -0.4 is 15.4 Å². The van der Waals surface area contributed by atoms with Gasteiger partial charge in [0.15, 0.2) is 0 Å². The molecular weight excluding hydrogens is 368 g/mol. The summed E-state index contributed by atoms with van der Waals surface area (Å²) in [6.45, 7) is 3.71. The highest BCUT2D eigenvalue weighted by Gasteiger charge is 2.20. The molecule has 2 heterocycles. The first kappa shape index (κ1) is 19.2. The number of carbonyl (C=O) groups is 1. The van der Waals surface area contributed by atoms with Gasteiger partial charge in [0, 0.05) is 45.1 Å². The minimum absolute atomic E-state index is 0.0536. The van der Waals surface area contributed by atoms with Crippen molar-refractivity contribution in [3.63, 3.8) is 0 Å². The van der Waals surface area contributed by atoms with Crippen molar-refractivity contribution in [3.05, 3.63) is 48.3 Å². The Morgan fingerprint density at radius 1 is 1.07 bits per heavy atom. The predicted octanol–water partition coefficient (Wildman–Crippen LogP) is -0.438. The number of carbonyl (C=O) groups excluding carboxylic acids is 1. The number of hydrogen-bond acceptors (Lipinski definition) is 7. The zero-order valence-electron chi connectivity index (χ0n) is 14.8. The highest BCUT2D eigenvalue weighted by molar-refractivity contribution is 7.89. The van der Waals surface area contributed by atoms with Crippen LogP contribution in [0.25, 0.3) is 0 Å². The van der Waals surface area contributed by atoms with Gasteiger partial charge in [0.05, 0.1) is 11.4 Å². The van der Waals surface area contributed by atoms with Gasteiger partial charge in [-0.3, -0.25) is 9.69 Å². The normalized spacial score (nSPS) is 15.5. The number of sulfonamides is 1. The van der Waals surface area contributed by atoms with Gasteiger partial charge in [0.2, 0.25) is 21.9 Å². The van der Waals surface area contributed by atoms with Gasteiger partial charge < -0.3 is 10.2 Å². The number of anilines is 1. The number of rotatable bonds is 6. The van der Waals surface area contributed by atoms with Crippen molar-refractivity contribution >= 4 is 21.9 Å². The number of piperazine rings is 1. The summed E-state index contributed by atoms with van der Waals surface area (Å²) in [4.78, 5) is 24.9. The van der Waals surface area contributed by atoms with E-state index in [4.69, 9.17) is 5.14 Å². The average molecular weight is 390 g/mol. The Labute approximate surface area is 158 Å². The van der Waals surface area contributed by atoms with Crippen molar-refractivity contribution in [2.45, 2.75) is 11.4 Å². The summed E-state index contributed by atoms with van der Waals surface area (Å²) in [7, 11) is -3.70. The van der Waals surface area contributed by atoms with Gasteiger partial charge >= 0.3 is 0 Å². The Kier molecular flexibility index (Phi) is 5.99. The largest absolute Gasteiger partial charge is 0.351 e. The second-order valence-corrected chi connectivity index (χ2v) is 7.84. The number of nitrogens with zero attached hydrogens (tertiary/aromatic N) is 4. The Hall–Kier alpha value is -2.56. The molecular formula is C17H22N6O3S. The standard InChI is InChI=1S/C17H22N6O3S/c18-27(25,26)15-4-2-14(3-5-15)12-21-16(24)13-22-8-10-23(11-9-22)17-19-6-1-7-20-17/h1-7H,8-13H2,(H,21,24)(H2,18,25,26). The lowest BCUT2D eigenvalue weighted by Gasteiger charge is -2.34. The van der Waals surface area contributed by atoms with E-state index in [1.54, 1.807) is 30.6 Å². The highest BCUT2D eigenvalue weighted by Crippen LogP contribution is 2.10. The van der Waals surface area contributed by atoms with Crippen LogP contribution in [0.3, 0.4) is 0 Å². The van der Waals surface area contributed by atoms with Crippen molar-refractivity contribution < 1.29 is 13.2 Å². The molecule has 1 fully saturated rings. The Morgan fingerprint density at radius 2 is 1.70 bits per heavy atom. The molecule has 10 heteroatoms. The zero-order valence-corrected chi connectivity index (χ0v) is 15.6. The molecule has 0 saturated carbocycles. The molecule has 3 rings (SSSR count). The van der Waals surface area contributed by atoms with Crippen molar-refractivity contribution in [3.8, 4) is 0 Å². The quantitative estimate of drug-likeness (QED) is 0.686. The maximum Gasteiger partial charge on any atom is 0.238 e. The van der Waals surface area contributed by atoms with Crippen LogP contribution in [-0.4, -0.2) is 61.9 Å². The fourth-order valence-corrected chi connectivity index (χ4v) is 3.33. The third-order valence-corrected chi connectivity index (χ3v) is 5.25. The van der Waals surface area contributed by atoms with E-state index in [0.717, 1.165) is 31.7 Å². The summed E-state index contributed by atoms with van der Waals surface area (Å²) in [6.07, 6.45) is 3.44. The first-order valence-corrected chi connectivity index (χ1v) is 10.1. The van der Waals surface area contributed by atoms with Crippen LogP contribution in [0, 0.1) is 0 Å². The molecule has 27 heavy (non-hydrogen) atoms. The molecule has 1 aliphatic rings. The van der Waals surface area contributed by atoms with E-state index in [1.165, 1.54) is 12.1 Å². The smallest absolute Gasteiger partial charge is 0.238 e. The first-order valence-electron chi connectivity index (χ1n) is 8.54. The second kappa shape index (κ2) is 8.42. The van der Waals surface area contributed by atoms with E-state index < -0.39 is 10.0 Å². The van der Waals surface area contributed by atoms with Crippen LogP contribution in [-0.2, 0) is 21.4 Å². The molecule has 0 atom stereocenters. The molecule has 0 bridgehead atoms. The molecule has 1 aliphatic heterocycles. The second-order valence-electron chi connectivity index (χ2n) is 6.28. The third kappa shape index (κ3) is 5.46. The van der Waals surface area contributed by atoms with Gasteiger partial charge in [-0.05, 0) is 23.8 Å². The monoisotopic (exact) mass is 390 g/mol. The number of nitrogens with two attached hydrogens (primary N) is 1. The van der Waals surface area contributed by atoms with E-state index in [2.05, 4.69) is 25.1 Å². The van der Waals surface area contributed by atoms with Crippen molar-refractivity contribution in [1.82, 2.24) is 20.2 Å². The summed E-state index contributed by atoms with van der Waals surface area (Å²) in [5.41, 5.74) is 0.807. The SMILES string of the molecule is NS(=O)(=O)c1ccc(CNC(=O)CN2CCN(c3ncccn3)CC2)cc1. The maximum atomic E-state index is 12.2. The number of aromatic nitrogens is 2. The number of benzene rings is 1. The zero-order chi connectivity index (χ0) is 19.3. The van der Waals surface area contributed by atoms with Crippen molar-refractivity contribution in [2.75, 3.05) is 37.6 Å². The molecule has 0 radical (unpaired) electrons. The van der Waals surface area contributed by atoms with E-state index in [-0.39, 0.29) is 10.8 Å². The van der Waals surface area contributed by atoms with Crippen LogP contribution in [0.5, 0.6) is 0 Å². The number of nitrogens with one attached hydrogen (secondary N) is 1. The number of amides is 1. The topological polar surface area (TPSA) is 122 Å². The Bertz CT molecular complexity index is 865. The summed E-state index contributed by atoms with van der Waals surface area (Å²) in [5, 5.41) is 7.91. The first-order chi connectivity index (χ1) is 12.9. The van der Waals surface area contributed by atoms with Gasteiger partial charge in [-0.1, -0.05) is 12.1 Å². The molecule has 1 amide bonds. The summed E-state index contributed by atoms with van der Waals surface area (Å²) in [5.74, 6) is 0.638. The van der Waals surface area contributed by atoms with Crippen LogP contribution in [0.2, 0.25) is 0 Å². The van der Waals surface area contributed by atoms with Crippen LogP contribution in [0.4, 0.5) is 5.95 Å². The van der Waals surface area contributed by atoms with Crippen LogP contribution in [0.1, 0.15) is 5.56 Å². The number of primary sulfonamides is 1. The Morgan fingerprint density at radius 3 is 2.30 bits per heavy atom. The molecule has 9 nitrogen and oxygen atoms in total. The summed E-state index contributed by atoms with van der Waals surface area (Å²) in [6, 6.07) is 7.92. The minimum atomic E-state index is -3.70. The maximum absolute atomic E-state index is 12.2. The Balaban J connectivity index is 1.42. The number of hydrogen-bond donors (Lipinski definition) is 2. The van der Waals surface area contributed by atoms with E-state index >= 15 is 0 Å². The lowest BCUT2D eigenvalue weighted by molar-refractivity contribution is -0.122. The van der Waals surface area contributed by atoms with E-state index in [1.807, 2.05) is 0 Å². The average Bonchev–Trinajstić information content (AvgIpc) is 2.67. The molecule has 2 aromatic rings. The highest BCUT2D eigenvalue weighted by atomic mass is 32.2. The molecule has 1 aromatic carbocycles. The van der Waals surface area contributed by atoms with Gasteiger partial charge in [0.1, 0.15) is 0 Å². The molecule has 1 saturated heterocycles. The van der Waals surface area contributed by atoms with Crippen molar-refractivity contribution in [2.24, 2.45) is 5.14 Å².